The Bertz CT molecular complexity index is 408. The monoisotopic (exact) mass is 276 g/mol. The maximum absolute atomic E-state index is 10.1. The summed E-state index contributed by atoms with van der Waals surface area (Å²) >= 11 is 0. The Morgan fingerprint density at radius 1 is 1.40 bits per heavy atom. The van der Waals surface area contributed by atoms with Gasteiger partial charge in [-0.3, -0.25) is 0 Å². The van der Waals surface area contributed by atoms with Gasteiger partial charge in [-0.1, -0.05) is 43.3 Å². The van der Waals surface area contributed by atoms with Crippen molar-refractivity contribution < 1.29 is 14.6 Å². The molecule has 1 heterocycles. The maximum atomic E-state index is 10.1. The number of aliphatic hydroxyl groups excluding tert-OH is 1. The van der Waals surface area contributed by atoms with E-state index in [4.69, 9.17) is 9.47 Å². The van der Waals surface area contributed by atoms with E-state index in [9.17, 15) is 5.11 Å². The van der Waals surface area contributed by atoms with Crippen molar-refractivity contribution in [1.29, 1.82) is 0 Å². The first-order valence-electron chi connectivity index (χ1n) is 7.46. The van der Waals surface area contributed by atoms with E-state index < -0.39 is 6.10 Å². The molecule has 1 saturated heterocycles. The van der Waals surface area contributed by atoms with Gasteiger partial charge in [0.25, 0.3) is 0 Å². The van der Waals surface area contributed by atoms with Crippen LogP contribution in [0.2, 0.25) is 0 Å². The Morgan fingerprint density at radius 2 is 2.20 bits per heavy atom. The van der Waals surface area contributed by atoms with E-state index >= 15 is 0 Å². The first-order chi connectivity index (χ1) is 9.79. The SMILES string of the molecule is CCC(O)C(=Cc1ccccc1)COC1CCCCO1. The van der Waals surface area contributed by atoms with Gasteiger partial charge in [0.1, 0.15) is 0 Å². The van der Waals surface area contributed by atoms with Gasteiger partial charge in [-0.15, -0.1) is 0 Å². The standard InChI is InChI=1S/C17H24O3/c1-2-16(18)15(12-14-8-4-3-5-9-14)13-20-17-10-6-7-11-19-17/h3-5,8-9,12,16-18H,2,6-7,10-11,13H2,1H3. The zero-order valence-electron chi connectivity index (χ0n) is 12.1. The average Bonchev–Trinajstić information content (AvgIpc) is 2.52. The second-order valence-electron chi connectivity index (χ2n) is 5.16. The van der Waals surface area contributed by atoms with Crippen LogP contribution in [0.25, 0.3) is 6.08 Å². The third-order valence-electron chi connectivity index (χ3n) is 3.54. The van der Waals surface area contributed by atoms with Crippen LogP contribution < -0.4 is 0 Å². The Morgan fingerprint density at radius 3 is 2.85 bits per heavy atom. The van der Waals surface area contributed by atoms with Gasteiger partial charge < -0.3 is 14.6 Å². The summed E-state index contributed by atoms with van der Waals surface area (Å²) in [7, 11) is 0. The predicted octanol–water partition coefficient (Wildman–Crippen LogP) is 3.38. The molecular weight excluding hydrogens is 252 g/mol. The van der Waals surface area contributed by atoms with Crippen molar-refractivity contribution in [2.45, 2.75) is 45.0 Å². The van der Waals surface area contributed by atoms with Crippen LogP contribution in [0.15, 0.2) is 35.9 Å². The fourth-order valence-electron chi connectivity index (χ4n) is 2.29. The number of ether oxygens (including phenoxy) is 2. The van der Waals surface area contributed by atoms with Crippen LogP contribution in [0.3, 0.4) is 0 Å². The van der Waals surface area contributed by atoms with Gasteiger partial charge >= 0.3 is 0 Å². The quantitative estimate of drug-likeness (QED) is 0.865. The van der Waals surface area contributed by atoms with Crippen molar-refractivity contribution in [3.63, 3.8) is 0 Å². The number of hydrogen-bond acceptors (Lipinski definition) is 3. The molecule has 0 spiro atoms. The second-order valence-corrected chi connectivity index (χ2v) is 5.16. The minimum Gasteiger partial charge on any atom is -0.389 e. The van der Waals surface area contributed by atoms with E-state index in [0.717, 1.165) is 37.0 Å². The third-order valence-corrected chi connectivity index (χ3v) is 3.54. The van der Waals surface area contributed by atoms with Crippen LogP contribution in [-0.2, 0) is 9.47 Å². The Labute approximate surface area is 121 Å². The normalized spacial score (nSPS) is 21.7. The van der Waals surface area contributed by atoms with Crippen LogP contribution in [0.5, 0.6) is 0 Å². The molecule has 3 nitrogen and oxygen atoms in total. The summed E-state index contributed by atoms with van der Waals surface area (Å²) in [4.78, 5) is 0. The van der Waals surface area contributed by atoms with Gasteiger partial charge in [0.05, 0.1) is 12.7 Å². The van der Waals surface area contributed by atoms with E-state index in [0.29, 0.717) is 13.0 Å². The van der Waals surface area contributed by atoms with Crippen molar-refractivity contribution in [2.75, 3.05) is 13.2 Å². The van der Waals surface area contributed by atoms with E-state index in [1.54, 1.807) is 0 Å². The highest BCUT2D eigenvalue weighted by molar-refractivity contribution is 5.53. The summed E-state index contributed by atoms with van der Waals surface area (Å²) in [6.07, 6.45) is 5.33. The molecule has 1 aromatic rings. The molecule has 3 heteroatoms. The molecule has 2 atom stereocenters. The minimum absolute atomic E-state index is 0.119. The molecule has 1 aliphatic heterocycles. The van der Waals surface area contributed by atoms with Crippen molar-refractivity contribution in [2.24, 2.45) is 0 Å². The molecule has 0 bridgehead atoms. The van der Waals surface area contributed by atoms with E-state index in [1.807, 2.05) is 43.3 Å². The van der Waals surface area contributed by atoms with Crippen molar-refractivity contribution in [3.8, 4) is 0 Å². The highest BCUT2D eigenvalue weighted by Gasteiger charge is 2.16. The summed E-state index contributed by atoms with van der Waals surface area (Å²) in [5.41, 5.74) is 2.00. The summed E-state index contributed by atoms with van der Waals surface area (Å²) in [6, 6.07) is 10.0. The van der Waals surface area contributed by atoms with Crippen LogP contribution in [-0.4, -0.2) is 30.7 Å². The third kappa shape index (κ3) is 4.75. The van der Waals surface area contributed by atoms with Gasteiger partial charge in [-0.2, -0.15) is 0 Å². The number of hydrogen-bond donors (Lipinski definition) is 1. The molecule has 2 unspecified atom stereocenters. The summed E-state index contributed by atoms with van der Waals surface area (Å²) in [6.45, 7) is 3.17. The first kappa shape index (κ1) is 15.2. The van der Waals surface area contributed by atoms with Gasteiger partial charge in [-0.05, 0) is 36.8 Å². The lowest BCUT2D eigenvalue weighted by molar-refractivity contribution is -0.158. The number of aliphatic hydroxyl groups is 1. The smallest absolute Gasteiger partial charge is 0.158 e. The second kappa shape index (κ2) is 8.20. The van der Waals surface area contributed by atoms with Crippen molar-refractivity contribution in [3.05, 3.63) is 41.5 Å². The van der Waals surface area contributed by atoms with Crippen LogP contribution in [0, 0.1) is 0 Å². The minimum atomic E-state index is -0.459. The molecule has 2 rings (SSSR count). The lowest BCUT2D eigenvalue weighted by Gasteiger charge is -2.24. The maximum Gasteiger partial charge on any atom is 0.158 e. The first-order valence-corrected chi connectivity index (χ1v) is 7.46. The zero-order valence-corrected chi connectivity index (χ0v) is 12.1. The van der Waals surface area contributed by atoms with E-state index in [2.05, 4.69) is 0 Å². The molecule has 0 amide bonds. The molecule has 1 aliphatic rings. The molecule has 1 N–H and O–H groups in total. The van der Waals surface area contributed by atoms with Gasteiger partial charge in [-0.25, -0.2) is 0 Å². The number of benzene rings is 1. The van der Waals surface area contributed by atoms with Crippen LogP contribution in [0.1, 0.15) is 38.2 Å². The number of rotatable bonds is 6. The molecule has 1 aromatic carbocycles. The Kier molecular flexibility index (Phi) is 6.25. The summed E-state index contributed by atoms with van der Waals surface area (Å²) < 4.78 is 11.4. The molecule has 0 radical (unpaired) electrons. The fourth-order valence-corrected chi connectivity index (χ4v) is 2.29. The highest BCUT2D eigenvalue weighted by atomic mass is 16.7. The van der Waals surface area contributed by atoms with Gasteiger partial charge in [0.15, 0.2) is 6.29 Å². The van der Waals surface area contributed by atoms with E-state index in [1.165, 1.54) is 0 Å². The molecule has 20 heavy (non-hydrogen) atoms. The summed E-state index contributed by atoms with van der Waals surface area (Å²) in [5, 5.41) is 10.1. The van der Waals surface area contributed by atoms with E-state index in [-0.39, 0.29) is 6.29 Å². The Hall–Kier alpha value is -1.16. The predicted molar refractivity (Wildman–Crippen MR) is 80.3 cm³/mol. The lowest BCUT2D eigenvalue weighted by atomic mass is 10.0. The topological polar surface area (TPSA) is 38.7 Å². The van der Waals surface area contributed by atoms with Crippen LogP contribution >= 0.6 is 0 Å². The average molecular weight is 276 g/mol. The summed E-state index contributed by atoms with van der Waals surface area (Å²) in [5.74, 6) is 0. The highest BCUT2D eigenvalue weighted by Crippen LogP contribution is 2.18. The van der Waals surface area contributed by atoms with Gasteiger partial charge in [0.2, 0.25) is 0 Å². The van der Waals surface area contributed by atoms with Gasteiger partial charge in [0, 0.05) is 6.61 Å². The molecule has 0 saturated carbocycles. The largest absolute Gasteiger partial charge is 0.389 e. The van der Waals surface area contributed by atoms with Crippen molar-refractivity contribution >= 4 is 6.08 Å². The fraction of sp³-hybridized carbons (Fsp3) is 0.529. The molecule has 0 aliphatic carbocycles. The Balaban J connectivity index is 1.98. The molecular formula is C17H24O3. The molecule has 1 fully saturated rings. The lowest BCUT2D eigenvalue weighted by Crippen LogP contribution is -2.25. The zero-order chi connectivity index (χ0) is 14.2. The van der Waals surface area contributed by atoms with Crippen LogP contribution in [0.4, 0.5) is 0 Å². The van der Waals surface area contributed by atoms with Crippen molar-refractivity contribution in [1.82, 2.24) is 0 Å². The molecule has 0 aromatic heterocycles. The molecule has 110 valence electrons.